The molecule has 1 aromatic carbocycles. The highest BCUT2D eigenvalue weighted by Crippen LogP contribution is 2.11. The van der Waals surface area contributed by atoms with Gasteiger partial charge in [0.05, 0.1) is 34.8 Å². The second kappa shape index (κ2) is 6.17. The van der Waals surface area contributed by atoms with E-state index in [1.165, 1.54) is 18.0 Å². The molecule has 0 spiro atoms. The molecule has 0 aliphatic carbocycles. The normalized spacial score (nSPS) is 10.3. The van der Waals surface area contributed by atoms with Crippen molar-refractivity contribution in [2.24, 2.45) is 0 Å². The van der Waals surface area contributed by atoms with Gasteiger partial charge >= 0.3 is 5.97 Å². The van der Waals surface area contributed by atoms with Gasteiger partial charge in [-0.15, -0.1) is 0 Å². The standard InChI is InChI=1S/C14H13IN2O3/c1-9-12(15)13(18)17(8-16-9)7-10-5-3-4-6-11(10)14(19)20-2/h3-6,8H,7H2,1-2H3. The molecular weight excluding hydrogens is 371 g/mol. The lowest BCUT2D eigenvalue weighted by Crippen LogP contribution is -2.25. The van der Waals surface area contributed by atoms with Crippen molar-refractivity contribution in [3.05, 3.63) is 61.3 Å². The van der Waals surface area contributed by atoms with Gasteiger partial charge in [-0.05, 0) is 41.1 Å². The first-order valence-corrected chi connectivity index (χ1v) is 7.00. The van der Waals surface area contributed by atoms with Crippen LogP contribution in [-0.2, 0) is 11.3 Å². The predicted octanol–water partition coefficient (Wildman–Crippen LogP) is 1.99. The molecule has 0 fully saturated rings. The van der Waals surface area contributed by atoms with Crippen LogP contribution in [0.25, 0.3) is 0 Å². The van der Waals surface area contributed by atoms with E-state index in [1.807, 2.05) is 28.7 Å². The van der Waals surface area contributed by atoms with Crippen LogP contribution >= 0.6 is 22.6 Å². The van der Waals surface area contributed by atoms with E-state index >= 15 is 0 Å². The van der Waals surface area contributed by atoms with Crippen LogP contribution in [0.2, 0.25) is 0 Å². The van der Waals surface area contributed by atoms with E-state index in [0.29, 0.717) is 14.8 Å². The summed E-state index contributed by atoms with van der Waals surface area (Å²) in [6.07, 6.45) is 1.49. The maximum atomic E-state index is 12.1. The van der Waals surface area contributed by atoms with Crippen LogP contribution in [0.4, 0.5) is 0 Å². The molecule has 2 aromatic rings. The van der Waals surface area contributed by atoms with Crippen molar-refractivity contribution in [2.45, 2.75) is 13.5 Å². The summed E-state index contributed by atoms with van der Waals surface area (Å²) >= 11 is 1.98. The summed E-state index contributed by atoms with van der Waals surface area (Å²) in [6.45, 7) is 2.07. The molecule has 0 saturated heterocycles. The molecule has 0 bridgehead atoms. The number of hydrogen-bond donors (Lipinski definition) is 0. The maximum absolute atomic E-state index is 12.1. The average molecular weight is 384 g/mol. The van der Waals surface area contributed by atoms with Gasteiger partial charge in [0, 0.05) is 0 Å². The van der Waals surface area contributed by atoms with Gasteiger partial charge in [-0.3, -0.25) is 9.36 Å². The summed E-state index contributed by atoms with van der Waals surface area (Å²) in [5, 5.41) is 0. The summed E-state index contributed by atoms with van der Waals surface area (Å²) in [5.74, 6) is -0.414. The molecule has 0 N–H and O–H groups in total. The summed E-state index contributed by atoms with van der Waals surface area (Å²) in [7, 11) is 1.33. The Balaban J connectivity index is 2.44. The lowest BCUT2D eigenvalue weighted by atomic mass is 10.1. The van der Waals surface area contributed by atoms with Crippen LogP contribution in [0.1, 0.15) is 21.6 Å². The number of nitrogens with zero attached hydrogens (tertiary/aromatic N) is 2. The van der Waals surface area contributed by atoms with Crippen LogP contribution in [0.15, 0.2) is 35.4 Å². The fraction of sp³-hybridized carbons (Fsp3) is 0.214. The van der Waals surface area contributed by atoms with Gasteiger partial charge < -0.3 is 4.74 Å². The number of halogens is 1. The molecule has 0 aliphatic rings. The Morgan fingerprint density at radius 1 is 1.40 bits per heavy atom. The minimum absolute atomic E-state index is 0.113. The van der Waals surface area contributed by atoms with Crippen molar-refractivity contribution in [3.8, 4) is 0 Å². The molecule has 5 nitrogen and oxygen atoms in total. The highest BCUT2D eigenvalue weighted by molar-refractivity contribution is 14.1. The maximum Gasteiger partial charge on any atom is 0.338 e. The summed E-state index contributed by atoms with van der Waals surface area (Å²) in [5.41, 5.74) is 1.77. The Kier molecular flexibility index (Phi) is 4.53. The fourth-order valence-corrected chi connectivity index (χ4v) is 2.26. The smallest absolute Gasteiger partial charge is 0.338 e. The molecule has 0 atom stereocenters. The van der Waals surface area contributed by atoms with E-state index in [1.54, 1.807) is 25.1 Å². The van der Waals surface area contributed by atoms with Crippen LogP contribution in [0.3, 0.4) is 0 Å². The van der Waals surface area contributed by atoms with E-state index in [2.05, 4.69) is 4.98 Å². The first-order chi connectivity index (χ1) is 9.54. The lowest BCUT2D eigenvalue weighted by molar-refractivity contribution is 0.0599. The van der Waals surface area contributed by atoms with Crippen LogP contribution in [-0.4, -0.2) is 22.6 Å². The first kappa shape index (κ1) is 14.7. The zero-order valence-electron chi connectivity index (χ0n) is 11.1. The number of hydrogen-bond acceptors (Lipinski definition) is 4. The molecule has 0 amide bonds. The number of rotatable bonds is 3. The highest BCUT2D eigenvalue weighted by atomic mass is 127. The van der Waals surface area contributed by atoms with Crippen LogP contribution < -0.4 is 5.56 Å². The van der Waals surface area contributed by atoms with Crippen molar-refractivity contribution in [2.75, 3.05) is 7.11 Å². The predicted molar refractivity (Wildman–Crippen MR) is 82.8 cm³/mol. The third kappa shape index (κ3) is 2.90. The van der Waals surface area contributed by atoms with E-state index in [-0.39, 0.29) is 12.1 Å². The van der Waals surface area contributed by atoms with E-state index in [4.69, 9.17) is 4.74 Å². The van der Waals surface area contributed by atoms with Gasteiger partial charge in [-0.25, -0.2) is 9.78 Å². The van der Waals surface area contributed by atoms with Crippen molar-refractivity contribution in [3.63, 3.8) is 0 Å². The minimum Gasteiger partial charge on any atom is -0.465 e. The van der Waals surface area contributed by atoms with E-state index in [0.717, 1.165) is 5.56 Å². The monoisotopic (exact) mass is 384 g/mol. The zero-order valence-corrected chi connectivity index (χ0v) is 13.2. The average Bonchev–Trinajstić information content (AvgIpc) is 2.47. The minimum atomic E-state index is -0.414. The summed E-state index contributed by atoms with van der Waals surface area (Å²) in [4.78, 5) is 28.0. The summed E-state index contributed by atoms with van der Waals surface area (Å²) < 4.78 is 6.81. The molecule has 0 radical (unpaired) electrons. The quantitative estimate of drug-likeness (QED) is 0.600. The molecule has 6 heteroatoms. The molecule has 2 rings (SSSR count). The Morgan fingerprint density at radius 2 is 2.10 bits per heavy atom. The number of aromatic nitrogens is 2. The Bertz CT molecular complexity index is 710. The summed E-state index contributed by atoms with van der Waals surface area (Å²) in [6, 6.07) is 7.05. The molecule has 0 unspecified atom stereocenters. The molecule has 0 aliphatic heterocycles. The van der Waals surface area contributed by atoms with E-state index < -0.39 is 5.97 Å². The van der Waals surface area contributed by atoms with E-state index in [9.17, 15) is 9.59 Å². The van der Waals surface area contributed by atoms with Crippen LogP contribution in [0, 0.1) is 10.5 Å². The highest BCUT2D eigenvalue weighted by Gasteiger charge is 2.13. The fourth-order valence-electron chi connectivity index (χ4n) is 1.81. The number of carbonyl (C=O) groups is 1. The van der Waals surface area contributed by atoms with Gasteiger partial charge in [0.15, 0.2) is 0 Å². The molecule has 1 aromatic heterocycles. The Morgan fingerprint density at radius 3 is 2.80 bits per heavy atom. The number of methoxy groups -OCH3 is 1. The largest absolute Gasteiger partial charge is 0.465 e. The topological polar surface area (TPSA) is 61.2 Å². The third-order valence-electron chi connectivity index (χ3n) is 2.92. The van der Waals surface area contributed by atoms with Gasteiger partial charge in [-0.1, -0.05) is 18.2 Å². The van der Waals surface area contributed by atoms with Gasteiger partial charge in [0.2, 0.25) is 0 Å². The second-order valence-electron chi connectivity index (χ2n) is 4.23. The number of ether oxygens (including phenoxy) is 1. The molecule has 1 heterocycles. The van der Waals surface area contributed by atoms with Gasteiger partial charge in [0.25, 0.3) is 5.56 Å². The number of aryl methyl sites for hydroxylation is 1. The van der Waals surface area contributed by atoms with Crippen molar-refractivity contribution in [1.29, 1.82) is 0 Å². The third-order valence-corrected chi connectivity index (χ3v) is 4.16. The SMILES string of the molecule is COC(=O)c1ccccc1Cn1cnc(C)c(I)c1=O. The van der Waals surface area contributed by atoms with Crippen molar-refractivity contribution >= 4 is 28.6 Å². The number of benzene rings is 1. The Hall–Kier alpha value is -1.70. The second-order valence-corrected chi connectivity index (χ2v) is 5.30. The first-order valence-electron chi connectivity index (χ1n) is 5.92. The molecule has 104 valence electrons. The number of esters is 1. The number of carbonyl (C=O) groups excluding carboxylic acids is 1. The van der Waals surface area contributed by atoms with Gasteiger partial charge in [-0.2, -0.15) is 0 Å². The van der Waals surface area contributed by atoms with Crippen molar-refractivity contribution < 1.29 is 9.53 Å². The molecule has 20 heavy (non-hydrogen) atoms. The molecule has 0 saturated carbocycles. The Labute approximate surface area is 129 Å². The van der Waals surface area contributed by atoms with Crippen molar-refractivity contribution in [1.82, 2.24) is 9.55 Å². The lowest BCUT2D eigenvalue weighted by Gasteiger charge is -2.10. The molecular formula is C14H13IN2O3. The van der Waals surface area contributed by atoms with Crippen LogP contribution in [0.5, 0.6) is 0 Å². The van der Waals surface area contributed by atoms with Gasteiger partial charge in [0.1, 0.15) is 0 Å². The zero-order chi connectivity index (χ0) is 14.7.